The van der Waals surface area contributed by atoms with Gasteiger partial charge in [-0.1, -0.05) is 18.8 Å². The van der Waals surface area contributed by atoms with Gasteiger partial charge >= 0.3 is 0 Å². The van der Waals surface area contributed by atoms with Gasteiger partial charge in [0.05, 0.1) is 36.0 Å². The van der Waals surface area contributed by atoms with Crippen LogP contribution >= 0.6 is 0 Å². The van der Waals surface area contributed by atoms with Crippen molar-refractivity contribution in [3.63, 3.8) is 0 Å². The molecule has 0 saturated carbocycles. The number of hydrogen-bond acceptors (Lipinski definition) is 6. The van der Waals surface area contributed by atoms with Crippen molar-refractivity contribution in [2.45, 2.75) is 25.6 Å². The first-order chi connectivity index (χ1) is 16.3. The number of primary amides is 1. The number of ether oxygens (including phenoxy) is 2. The highest BCUT2D eigenvalue weighted by Gasteiger charge is 2.41. The number of hydrogen-bond donors (Lipinski definition) is 2. The molecule has 2 aromatic heterocycles. The molecule has 3 N–H and O–H groups in total. The van der Waals surface area contributed by atoms with Crippen molar-refractivity contribution in [2.24, 2.45) is 18.7 Å². The molecule has 4 rings (SSSR count). The number of nitrogens with two attached hydrogens (primary N) is 1. The summed E-state index contributed by atoms with van der Waals surface area (Å²) in [5, 5.41) is 7.86. The van der Waals surface area contributed by atoms with E-state index in [1.807, 2.05) is 6.92 Å². The zero-order chi connectivity index (χ0) is 24.4. The van der Waals surface area contributed by atoms with Gasteiger partial charge in [0, 0.05) is 36.1 Å². The average molecular weight is 465 g/mol. The lowest BCUT2D eigenvalue weighted by Gasteiger charge is -2.19. The van der Waals surface area contributed by atoms with Gasteiger partial charge in [-0.15, -0.1) is 0 Å². The number of nitrogens with zero attached hydrogens (tertiary/aromatic N) is 3. The summed E-state index contributed by atoms with van der Waals surface area (Å²) in [6, 6.07) is 2.71. The zero-order valence-electron chi connectivity index (χ0n) is 19.0. The molecule has 10 heteroatoms. The summed E-state index contributed by atoms with van der Waals surface area (Å²) < 4.78 is 27.1. The third-order valence-corrected chi connectivity index (χ3v) is 5.82. The van der Waals surface area contributed by atoms with Crippen molar-refractivity contribution in [2.75, 3.05) is 13.7 Å². The third-order valence-electron chi connectivity index (χ3n) is 5.82. The van der Waals surface area contributed by atoms with Gasteiger partial charge in [0.15, 0.2) is 6.17 Å². The molecule has 0 radical (unpaired) electrons. The number of aromatic nitrogens is 3. The molecule has 9 nitrogen and oxygen atoms in total. The van der Waals surface area contributed by atoms with Gasteiger partial charge in [0.25, 0.3) is 11.8 Å². The molecular weight excluding hydrogens is 441 g/mol. The predicted molar refractivity (Wildman–Crippen MR) is 122 cm³/mol. The number of fused-ring (bicyclic) bond motifs is 1. The topological polar surface area (TPSA) is 121 Å². The number of carbonyl (C=O) groups excluding carboxylic acids is 2. The highest BCUT2D eigenvalue weighted by molar-refractivity contribution is 6.03. The molecule has 1 aliphatic rings. The Morgan fingerprint density at radius 3 is 2.74 bits per heavy atom. The Bertz CT molecular complexity index is 1330. The van der Waals surface area contributed by atoms with Gasteiger partial charge in [-0.2, -0.15) is 5.10 Å². The number of aryl methyl sites for hydroxylation is 1. The maximum atomic E-state index is 14.1. The summed E-state index contributed by atoms with van der Waals surface area (Å²) in [6.45, 7) is 1.86. The Morgan fingerprint density at radius 1 is 1.29 bits per heavy atom. The van der Waals surface area contributed by atoms with Crippen LogP contribution in [0.15, 0.2) is 30.7 Å². The van der Waals surface area contributed by atoms with Crippen LogP contribution in [0.1, 0.15) is 34.8 Å². The Hall–Kier alpha value is -4.13. The molecule has 1 saturated heterocycles. The van der Waals surface area contributed by atoms with Crippen LogP contribution in [0.25, 0.3) is 10.8 Å². The smallest absolute Gasteiger partial charge is 0.255 e. The molecule has 0 spiro atoms. The SMILES string of the molecule is CC[C@@H]1[C@H](F)C(=O)N[C@@H]1COc1ncc(C#Cc2cnn(C)c2)c2cc(C(N)=O)c(OC)cc12. The third kappa shape index (κ3) is 4.37. The molecule has 176 valence electrons. The maximum absolute atomic E-state index is 14.1. The lowest BCUT2D eigenvalue weighted by atomic mass is 9.97. The highest BCUT2D eigenvalue weighted by Crippen LogP contribution is 2.33. The minimum absolute atomic E-state index is 0.0351. The number of benzene rings is 1. The quantitative estimate of drug-likeness (QED) is 0.535. The molecule has 3 aromatic rings. The zero-order valence-corrected chi connectivity index (χ0v) is 19.0. The summed E-state index contributed by atoms with van der Waals surface area (Å²) in [7, 11) is 3.22. The Balaban J connectivity index is 1.75. The van der Waals surface area contributed by atoms with E-state index in [1.54, 1.807) is 36.3 Å². The number of amides is 2. The van der Waals surface area contributed by atoms with E-state index in [0.717, 1.165) is 0 Å². The predicted octanol–water partition coefficient (Wildman–Crippen LogP) is 1.72. The monoisotopic (exact) mass is 465 g/mol. The van der Waals surface area contributed by atoms with Gasteiger partial charge in [-0.05, 0) is 18.6 Å². The fourth-order valence-electron chi connectivity index (χ4n) is 4.04. The van der Waals surface area contributed by atoms with Crippen LogP contribution < -0.4 is 20.5 Å². The van der Waals surface area contributed by atoms with E-state index in [-0.39, 0.29) is 23.8 Å². The lowest BCUT2D eigenvalue weighted by molar-refractivity contribution is -0.123. The molecule has 1 aliphatic heterocycles. The Morgan fingerprint density at radius 2 is 2.09 bits per heavy atom. The highest BCUT2D eigenvalue weighted by atomic mass is 19.1. The summed E-state index contributed by atoms with van der Waals surface area (Å²) >= 11 is 0. The van der Waals surface area contributed by atoms with E-state index >= 15 is 0 Å². The van der Waals surface area contributed by atoms with E-state index in [0.29, 0.717) is 28.3 Å². The second-order valence-electron chi connectivity index (χ2n) is 7.99. The molecule has 3 atom stereocenters. The minimum Gasteiger partial charge on any atom is -0.496 e. The van der Waals surface area contributed by atoms with Crippen molar-refractivity contribution < 1.29 is 23.5 Å². The van der Waals surface area contributed by atoms with Crippen molar-refractivity contribution in [1.82, 2.24) is 20.1 Å². The number of rotatable bonds is 6. The van der Waals surface area contributed by atoms with E-state index < -0.39 is 29.9 Å². The molecule has 0 bridgehead atoms. The van der Waals surface area contributed by atoms with Crippen LogP contribution in [0.3, 0.4) is 0 Å². The first kappa shape index (κ1) is 23.0. The summed E-state index contributed by atoms with van der Waals surface area (Å²) in [4.78, 5) is 28.2. The van der Waals surface area contributed by atoms with E-state index in [4.69, 9.17) is 15.2 Å². The number of carbonyl (C=O) groups is 2. The second kappa shape index (κ2) is 9.39. The van der Waals surface area contributed by atoms with E-state index in [2.05, 4.69) is 27.2 Å². The average Bonchev–Trinajstić information content (AvgIpc) is 3.36. The standard InChI is InChI=1S/C24H24FN5O4/c1-4-15-19(29-23(32)21(15)25)12-34-24-17-8-20(33-3)18(22(26)31)7-16(17)14(10-27-24)6-5-13-9-28-30(2)11-13/h7-11,15,19,21H,4,12H2,1-3H3,(H2,26,31)(H,29,32)/t15-,19+,21-/m0/s1. The van der Waals surface area contributed by atoms with Gasteiger partial charge in [-0.3, -0.25) is 14.3 Å². The summed E-state index contributed by atoms with van der Waals surface area (Å²) in [5.41, 5.74) is 6.99. The minimum atomic E-state index is -1.56. The molecule has 0 aliphatic carbocycles. The van der Waals surface area contributed by atoms with Crippen LogP contribution in [0.2, 0.25) is 0 Å². The first-order valence-corrected chi connectivity index (χ1v) is 10.7. The van der Waals surface area contributed by atoms with Gasteiger partial charge in [-0.25, -0.2) is 9.37 Å². The van der Waals surface area contributed by atoms with Crippen LogP contribution in [-0.4, -0.2) is 52.5 Å². The van der Waals surface area contributed by atoms with Gasteiger partial charge in [0.1, 0.15) is 12.4 Å². The molecule has 1 aromatic carbocycles. The first-order valence-electron chi connectivity index (χ1n) is 10.7. The van der Waals surface area contributed by atoms with Crippen molar-refractivity contribution >= 4 is 22.6 Å². The molecule has 3 heterocycles. The van der Waals surface area contributed by atoms with Gasteiger partial charge in [0.2, 0.25) is 5.88 Å². The van der Waals surface area contributed by atoms with Gasteiger partial charge < -0.3 is 20.5 Å². The summed E-state index contributed by atoms with van der Waals surface area (Å²) in [5.74, 6) is 4.79. The van der Waals surface area contributed by atoms with E-state index in [1.165, 1.54) is 13.3 Å². The Kier molecular flexibility index (Phi) is 6.36. The number of pyridine rings is 1. The summed E-state index contributed by atoms with van der Waals surface area (Å²) in [6.07, 6.45) is 3.86. The lowest BCUT2D eigenvalue weighted by Crippen LogP contribution is -2.34. The molecular formula is C24H24FN5O4. The number of halogens is 1. The van der Waals surface area contributed by atoms with Crippen LogP contribution in [0.4, 0.5) is 4.39 Å². The maximum Gasteiger partial charge on any atom is 0.255 e. The fourth-order valence-corrected chi connectivity index (χ4v) is 4.04. The van der Waals surface area contributed by atoms with Crippen molar-refractivity contribution in [1.29, 1.82) is 0 Å². The van der Waals surface area contributed by atoms with E-state index in [9.17, 15) is 14.0 Å². The van der Waals surface area contributed by atoms with Crippen LogP contribution in [0.5, 0.6) is 11.6 Å². The van der Waals surface area contributed by atoms with Crippen molar-refractivity contribution in [3.8, 4) is 23.5 Å². The second-order valence-corrected chi connectivity index (χ2v) is 7.99. The fraction of sp³-hybridized carbons (Fsp3) is 0.333. The van der Waals surface area contributed by atoms with Crippen molar-refractivity contribution in [3.05, 3.63) is 47.4 Å². The largest absolute Gasteiger partial charge is 0.496 e. The molecule has 34 heavy (non-hydrogen) atoms. The van der Waals surface area contributed by atoms with Crippen LogP contribution in [0, 0.1) is 17.8 Å². The number of alkyl halides is 1. The Labute approximate surface area is 195 Å². The number of nitrogens with one attached hydrogen (secondary N) is 1. The molecule has 0 unspecified atom stereocenters. The molecule has 1 fully saturated rings. The normalized spacial score (nSPS) is 19.4. The number of methoxy groups -OCH3 is 1. The van der Waals surface area contributed by atoms with Crippen LogP contribution in [-0.2, 0) is 11.8 Å². The molecule has 2 amide bonds.